The van der Waals surface area contributed by atoms with Crippen molar-refractivity contribution in [1.82, 2.24) is 0 Å². The first kappa shape index (κ1) is 78.8. The third-order valence-electron chi connectivity index (χ3n) is 15.9. The van der Waals surface area contributed by atoms with Gasteiger partial charge in [0.15, 0.2) is 6.10 Å². The molecule has 1 atom stereocenters. The minimum absolute atomic E-state index is 0.0758. The quantitative estimate of drug-likeness (QED) is 0.0261. The van der Waals surface area contributed by atoms with E-state index in [4.69, 9.17) is 14.2 Å². The average Bonchev–Trinajstić information content (AvgIpc) is 3.47. The van der Waals surface area contributed by atoms with Crippen LogP contribution in [-0.4, -0.2) is 37.2 Å². The summed E-state index contributed by atoms with van der Waals surface area (Å²) in [5.74, 6) is -0.864. The van der Waals surface area contributed by atoms with Gasteiger partial charge < -0.3 is 14.2 Å². The third-order valence-corrected chi connectivity index (χ3v) is 15.9. The standard InChI is InChI=1S/C76H136O6/c1-4-7-10-13-16-19-22-25-28-31-33-35-36-37-38-39-40-42-43-45-48-51-54-57-60-63-66-69-75(78)81-72-73(71-80-74(77)68-65-62-59-56-53-50-47-30-27-24-21-18-15-12-9-6-3)82-76(79)70-67-64-61-58-55-52-49-46-44-41-34-32-29-26-23-20-17-14-11-8-5-2/h7,10,16,19,25,28,30,32-35,47,73H,4-6,8-9,11-15,17-18,20-24,26-27,29,31,36-46,48-72H2,1-3H3/b10-7-,19-16-,28-25-,34-32-,35-33-,47-30-. The van der Waals surface area contributed by atoms with E-state index in [1.54, 1.807) is 0 Å². The molecule has 0 spiro atoms. The fraction of sp³-hybridized carbons (Fsp3) is 0.803. The highest BCUT2D eigenvalue weighted by molar-refractivity contribution is 5.71. The molecule has 0 aliphatic carbocycles. The summed E-state index contributed by atoms with van der Waals surface area (Å²) in [4.78, 5) is 38.5. The van der Waals surface area contributed by atoms with Crippen molar-refractivity contribution in [3.05, 3.63) is 72.9 Å². The Balaban J connectivity index is 4.30. The molecule has 0 saturated carbocycles. The Morgan fingerprint density at radius 3 is 0.756 bits per heavy atom. The monoisotopic (exact) mass is 1150 g/mol. The molecule has 0 saturated heterocycles. The van der Waals surface area contributed by atoms with Crippen molar-refractivity contribution >= 4 is 17.9 Å². The fourth-order valence-electron chi connectivity index (χ4n) is 10.5. The van der Waals surface area contributed by atoms with Crippen molar-refractivity contribution in [2.24, 2.45) is 0 Å². The fourth-order valence-corrected chi connectivity index (χ4v) is 10.5. The van der Waals surface area contributed by atoms with Crippen molar-refractivity contribution < 1.29 is 28.6 Å². The van der Waals surface area contributed by atoms with Gasteiger partial charge in [0.25, 0.3) is 0 Å². The maximum absolute atomic E-state index is 13.0. The summed E-state index contributed by atoms with van der Waals surface area (Å²) in [7, 11) is 0. The Bertz CT molecular complexity index is 1500. The number of esters is 3. The van der Waals surface area contributed by atoms with Crippen LogP contribution in [0.2, 0.25) is 0 Å². The number of hydrogen-bond acceptors (Lipinski definition) is 6. The molecule has 0 bridgehead atoms. The molecule has 1 unspecified atom stereocenters. The Hall–Kier alpha value is -3.15. The lowest BCUT2D eigenvalue weighted by molar-refractivity contribution is -0.167. The van der Waals surface area contributed by atoms with Crippen molar-refractivity contribution in [1.29, 1.82) is 0 Å². The Labute approximate surface area is 510 Å². The van der Waals surface area contributed by atoms with E-state index < -0.39 is 6.10 Å². The second kappa shape index (κ2) is 70.3. The molecule has 6 nitrogen and oxygen atoms in total. The van der Waals surface area contributed by atoms with Crippen LogP contribution in [0.25, 0.3) is 0 Å². The first-order valence-corrected chi connectivity index (χ1v) is 35.9. The number of unbranched alkanes of at least 4 members (excludes halogenated alkanes) is 43. The molecular formula is C76H136O6. The van der Waals surface area contributed by atoms with Gasteiger partial charge in [0, 0.05) is 19.3 Å². The van der Waals surface area contributed by atoms with E-state index >= 15 is 0 Å². The molecule has 476 valence electrons. The minimum Gasteiger partial charge on any atom is -0.462 e. The van der Waals surface area contributed by atoms with E-state index in [0.717, 1.165) is 89.9 Å². The highest BCUT2D eigenvalue weighted by Gasteiger charge is 2.19. The molecule has 0 aromatic heterocycles. The minimum atomic E-state index is -0.781. The summed E-state index contributed by atoms with van der Waals surface area (Å²) in [6.07, 6.45) is 92.1. The molecule has 0 heterocycles. The lowest BCUT2D eigenvalue weighted by Crippen LogP contribution is -2.30. The van der Waals surface area contributed by atoms with Gasteiger partial charge in [0.1, 0.15) is 13.2 Å². The average molecular weight is 1150 g/mol. The number of carbonyl (C=O) groups excluding carboxylic acids is 3. The number of allylic oxidation sites excluding steroid dienone is 12. The van der Waals surface area contributed by atoms with Gasteiger partial charge in [0.05, 0.1) is 0 Å². The molecule has 0 aliphatic heterocycles. The number of rotatable bonds is 66. The number of ether oxygens (including phenoxy) is 3. The van der Waals surface area contributed by atoms with Crippen molar-refractivity contribution in [3.8, 4) is 0 Å². The van der Waals surface area contributed by atoms with Crippen molar-refractivity contribution in [3.63, 3.8) is 0 Å². The molecule has 0 aliphatic rings. The van der Waals surface area contributed by atoms with E-state index in [9.17, 15) is 14.4 Å². The van der Waals surface area contributed by atoms with Crippen LogP contribution in [0.4, 0.5) is 0 Å². The molecule has 0 rings (SSSR count). The van der Waals surface area contributed by atoms with Crippen LogP contribution in [0.15, 0.2) is 72.9 Å². The lowest BCUT2D eigenvalue weighted by Gasteiger charge is -2.18. The molecule has 0 N–H and O–H groups in total. The summed E-state index contributed by atoms with van der Waals surface area (Å²) < 4.78 is 17.0. The van der Waals surface area contributed by atoms with Crippen LogP contribution in [0.3, 0.4) is 0 Å². The third kappa shape index (κ3) is 67.6. The summed E-state index contributed by atoms with van der Waals surface area (Å²) >= 11 is 0. The zero-order valence-electron chi connectivity index (χ0n) is 54.8. The van der Waals surface area contributed by atoms with E-state index in [0.29, 0.717) is 19.3 Å². The maximum Gasteiger partial charge on any atom is 0.306 e. The second-order valence-corrected chi connectivity index (χ2v) is 24.1. The van der Waals surface area contributed by atoms with Crippen molar-refractivity contribution in [2.75, 3.05) is 13.2 Å². The van der Waals surface area contributed by atoms with E-state index in [-0.39, 0.29) is 31.1 Å². The number of carbonyl (C=O) groups is 3. The van der Waals surface area contributed by atoms with Gasteiger partial charge in [-0.2, -0.15) is 0 Å². The topological polar surface area (TPSA) is 78.9 Å². The first-order chi connectivity index (χ1) is 40.5. The maximum atomic E-state index is 13.0. The van der Waals surface area contributed by atoms with Gasteiger partial charge in [-0.15, -0.1) is 0 Å². The van der Waals surface area contributed by atoms with Crippen LogP contribution >= 0.6 is 0 Å². The van der Waals surface area contributed by atoms with Gasteiger partial charge in [-0.1, -0.05) is 318 Å². The van der Waals surface area contributed by atoms with Crippen LogP contribution < -0.4 is 0 Å². The zero-order valence-corrected chi connectivity index (χ0v) is 54.8. The summed E-state index contributed by atoms with van der Waals surface area (Å²) in [6, 6.07) is 0. The van der Waals surface area contributed by atoms with Crippen LogP contribution in [0, 0.1) is 0 Å². The van der Waals surface area contributed by atoms with Gasteiger partial charge in [-0.3, -0.25) is 14.4 Å². The van der Waals surface area contributed by atoms with Gasteiger partial charge >= 0.3 is 17.9 Å². The van der Waals surface area contributed by atoms with Gasteiger partial charge in [-0.05, 0) is 109 Å². The predicted molar refractivity (Wildman–Crippen MR) is 358 cm³/mol. The smallest absolute Gasteiger partial charge is 0.306 e. The molecule has 82 heavy (non-hydrogen) atoms. The normalized spacial score (nSPS) is 12.5. The summed E-state index contributed by atoms with van der Waals surface area (Å²) in [6.45, 7) is 6.57. The Morgan fingerprint density at radius 2 is 0.476 bits per heavy atom. The Kier molecular flexibility index (Phi) is 67.6. The molecule has 0 aromatic carbocycles. The predicted octanol–water partition coefficient (Wildman–Crippen LogP) is 24.8. The molecule has 0 amide bonds. The Morgan fingerprint density at radius 1 is 0.256 bits per heavy atom. The van der Waals surface area contributed by atoms with Crippen LogP contribution in [0.5, 0.6) is 0 Å². The highest BCUT2D eigenvalue weighted by atomic mass is 16.6. The number of hydrogen-bond donors (Lipinski definition) is 0. The van der Waals surface area contributed by atoms with Crippen LogP contribution in [0.1, 0.15) is 374 Å². The van der Waals surface area contributed by atoms with Gasteiger partial charge in [0.2, 0.25) is 0 Å². The molecule has 0 fully saturated rings. The van der Waals surface area contributed by atoms with E-state index in [2.05, 4.69) is 93.7 Å². The SMILES string of the molecule is CC/C=C\C/C=C\C/C=C\C/C=C\CCCCCCCCCCCCCCCCC(=O)OCC(COC(=O)CCCCCCC/C=C\CCCCCCCCC)OC(=O)CCCCCCCCCCC/C=C\CCCCCCCCCC. The largest absolute Gasteiger partial charge is 0.462 e. The second-order valence-electron chi connectivity index (χ2n) is 24.1. The zero-order chi connectivity index (χ0) is 59.2. The first-order valence-electron chi connectivity index (χ1n) is 35.9. The van der Waals surface area contributed by atoms with Crippen molar-refractivity contribution in [2.45, 2.75) is 380 Å². The molecule has 0 radical (unpaired) electrons. The molecule has 0 aromatic rings. The van der Waals surface area contributed by atoms with Gasteiger partial charge in [-0.25, -0.2) is 0 Å². The lowest BCUT2D eigenvalue weighted by atomic mass is 10.0. The highest BCUT2D eigenvalue weighted by Crippen LogP contribution is 2.18. The summed E-state index contributed by atoms with van der Waals surface area (Å²) in [5.41, 5.74) is 0. The molecule has 6 heteroatoms. The summed E-state index contributed by atoms with van der Waals surface area (Å²) in [5, 5.41) is 0. The van der Waals surface area contributed by atoms with E-state index in [1.165, 1.54) is 244 Å². The van der Waals surface area contributed by atoms with Crippen LogP contribution in [-0.2, 0) is 28.6 Å². The molecular weight excluding hydrogens is 1010 g/mol. The van der Waals surface area contributed by atoms with E-state index in [1.807, 2.05) is 0 Å².